The van der Waals surface area contributed by atoms with Crippen molar-refractivity contribution in [2.24, 2.45) is 0 Å². The van der Waals surface area contributed by atoms with E-state index in [-0.39, 0.29) is 5.69 Å². The molecule has 0 aliphatic rings. The number of methoxy groups -OCH3 is 1. The molecule has 5 nitrogen and oxygen atoms in total. The zero-order valence-electron chi connectivity index (χ0n) is 7.78. The first-order valence-electron chi connectivity index (χ1n) is 4.13. The van der Waals surface area contributed by atoms with Gasteiger partial charge in [0, 0.05) is 0 Å². The van der Waals surface area contributed by atoms with Gasteiger partial charge in [-0.3, -0.25) is 10.1 Å². The second kappa shape index (κ2) is 3.43. The average molecular weight is 227 g/mol. The molecule has 0 aliphatic carbocycles. The fourth-order valence-electron chi connectivity index (χ4n) is 1.48. The molecule has 0 amide bonds. The summed E-state index contributed by atoms with van der Waals surface area (Å²) in [7, 11) is 1.46. The van der Waals surface area contributed by atoms with Crippen LogP contribution in [0.15, 0.2) is 18.3 Å². The van der Waals surface area contributed by atoms with E-state index in [2.05, 4.69) is 4.98 Å². The molecule has 0 bridgehead atoms. The molecule has 0 spiro atoms. The van der Waals surface area contributed by atoms with E-state index in [9.17, 15) is 10.1 Å². The molecule has 78 valence electrons. The topological polar surface area (TPSA) is 68.2 Å². The highest BCUT2D eigenvalue weighted by molar-refractivity contribution is 6.35. The SMILES string of the molecule is COc1ccc(Cl)c2[nH]cc([N+](=O)[O-])c12. The number of nitro groups is 1. The van der Waals surface area contributed by atoms with Crippen molar-refractivity contribution in [3.63, 3.8) is 0 Å². The van der Waals surface area contributed by atoms with Crippen molar-refractivity contribution in [1.29, 1.82) is 0 Å². The quantitative estimate of drug-likeness (QED) is 0.632. The molecule has 1 heterocycles. The second-order valence-electron chi connectivity index (χ2n) is 2.93. The summed E-state index contributed by atoms with van der Waals surface area (Å²) < 4.78 is 5.05. The van der Waals surface area contributed by atoms with Crippen LogP contribution in [0.2, 0.25) is 5.02 Å². The van der Waals surface area contributed by atoms with E-state index in [0.29, 0.717) is 21.7 Å². The summed E-state index contributed by atoms with van der Waals surface area (Å²) in [5.74, 6) is 0.433. The van der Waals surface area contributed by atoms with Crippen molar-refractivity contribution in [2.45, 2.75) is 0 Å². The molecule has 2 aromatic rings. The predicted molar refractivity (Wildman–Crippen MR) is 56.5 cm³/mol. The monoisotopic (exact) mass is 226 g/mol. The molecule has 1 aromatic heterocycles. The molecule has 0 atom stereocenters. The van der Waals surface area contributed by atoms with Crippen LogP contribution >= 0.6 is 11.6 Å². The number of fused-ring (bicyclic) bond motifs is 1. The maximum atomic E-state index is 10.7. The van der Waals surface area contributed by atoms with E-state index in [1.165, 1.54) is 13.3 Å². The summed E-state index contributed by atoms with van der Waals surface area (Å²) in [6, 6.07) is 3.23. The first-order chi connectivity index (χ1) is 7.15. The van der Waals surface area contributed by atoms with Crippen LogP contribution in [0.1, 0.15) is 0 Å². The van der Waals surface area contributed by atoms with Crippen LogP contribution in [0.25, 0.3) is 10.9 Å². The van der Waals surface area contributed by atoms with Gasteiger partial charge >= 0.3 is 0 Å². The summed E-state index contributed by atoms with van der Waals surface area (Å²) in [5.41, 5.74) is 0.479. The minimum atomic E-state index is -0.475. The predicted octanol–water partition coefficient (Wildman–Crippen LogP) is 2.74. The molecule has 1 N–H and O–H groups in total. The van der Waals surface area contributed by atoms with Crippen LogP contribution in [0.5, 0.6) is 5.75 Å². The fraction of sp³-hybridized carbons (Fsp3) is 0.111. The molecular formula is C9H7ClN2O3. The Kier molecular flexibility index (Phi) is 2.24. The van der Waals surface area contributed by atoms with Gasteiger partial charge in [-0.25, -0.2) is 0 Å². The number of benzene rings is 1. The Morgan fingerprint density at radius 1 is 1.53 bits per heavy atom. The summed E-state index contributed by atoms with van der Waals surface area (Å²) >= 11 is 5.89. The third kappa shape index (κ3) is 1.41. The van der Waals surface area contributed by atoms with E-state index in [4.69, 9.17) is 16.3 Å². The minimum Gasteiger partial charge on any atom is -0.496 e. The number of aromatic nitrogens is 1. The van der Waals surface area contributed by atoms with Gasteiger partial charge in [-0.1, -0.05) is 11.6 Å². The zero-order chi connectivity index (χ0) is 11.0. The summed E-state index contributed by atoms with van der Waals surface area (Å²) in [6.07, 6.45) is 1.30. The van der Waals surface area contributed by atoms with Crippen LogP contribution in [0, 0.1) is 10.1 Å². The second-order valence-corrected chi connectivity index (χ2v) is 3.34. The van der Waals surface area contributed by atoms with Crippen LogP contribution in [-0.2, 0) is 0 Å². The van der Waals surface area contributed by atoms with Crippen molar-refractivity contribution < 1.29 is 9.66 Å². The number of hydrogen-bond acceptors (Lipinski definition) is 3. The first-order valence-corrected chi connectivity index (χ1v) is 4.51. The number of ether oxygens (including phenoxy) is 1. The Labute approximate surface area is 89.8 Å². The molecule has 15 heavy (non-hydrogen) atoms. The number of H-pyrrole nitrogens is 1. The number of nitrogens with one attached hydrogen (secondary N) is 1. The molecular weight excluding hydrogens is 220 g/mol. The Morgan fingerprint density at radius 3 is 2.87 bits per heavy atom. The molecule has 0 radical (unpaired) electrons. The summed E-state index contributed by atoms with van der Waals surface area (Å²) in [6.45, 7) is 0. The molecule has 0 saturated heterocycles. The fourth-order valence-corrected chi connectivity index (χ4v) is 1.69. The summed E-state index contributed by atoms with van der Waals surface area (Å²) in [5, 5.41) is 11.6. The van der Waals surface area contributed by atoms with Crippen molar-refractivity contribution in [3.05, 3.63) is 33.5 Å². The summed E-state index contributed by atoms with van der Waals surface area (Å²) in [4.78, 5) is 13.0. The lowest BCUT2D eigenvalue weighted by Crippen LogP contribution is -1.89. The molecule has 6 heteroatoms. The Hall–Kier alpha value is -1.75. The number of aromatic amines is 1. The lowest BCUT2D eigenvalue weighted by molar-refractivity contribution is -0.383. The minimum absolute atomic E-state index is 0.0376. The van der Waals surface area contributed by atoms with Crippen molar-refractivity contribution in [3.8, 4) is 5.75 Å². The van der Waals surface area contributed by atoms with Crippen molar-refractivity contribution in [1.82, 2.24) is 4.98 Å². The molecule has 0 saturated carbocycles. The smallest absolute Gasteiger partial charge is 0.298 e. The zero-order valence-corrected chi connectivity index (χ0v) is 8.54. The molecule has 0 unspecified atom stereocenters. The van der Waals surface area contributed by atoms with Crippen molar-refractivity contribution in [2.75, 3.05) is 7.11 Å². The standard InChI is InChI=1S/C9H7ClN2O3/c1-15-7-3-2-5(10)9-8(7)6(4-11-9)12(13)14/h2-4,11H,1H3. The van der Waals surface area contributed by atoms with Gasteiger partial charge in [0.25, 0.3) is 5.69 Å². The molecule has 0 fully saturated rings. The highest BCUT2D eigenvalue weighted by Crippen LogP contribution is 2.37. The lowest BCUT2D eigenvalue weighted by Gasteiger charge is -2.01. The first kappa shape index (κ1) is 9.79. The average Bonchev–Trinajstić information content (AvgIpc) is 2.64. The number of halogens is 1. The highest BCUT2D eigenvalue weighted by atomic mass is 35.5. The maximum absolute atomic E-state index is 10.7. The van der Waals surface area contributed by atoms with Crippen LogP contribution < -0.4 is 4.74 Å². The normalized spacial score (nSPS) is 10.5. The van der Waals surface area contributed by atoms with Gasteiger partial charge in [0.2, 0.25) is 0 Å². The van der Waals surface area contributed by atoms with Gasteiger partial charge in [-0.2, -0.15) is 0 Å². The van der Waals surface area contributed by atoms with Crippen molar-refractivity contribution >= 4 is 28.2 Å². The Balaban J connectivity index is 2.86. The molecule has 0 aliphatic heterocycles. The van der Waals surface area contributed by atoms with E-state index in [1.54, 1.807) is 12.1 Å². The number of hydrogen-bond donors (Lipinski definition) is 1. The van der Waals surface area contributed by atoms with Crippen LogP contribution in [0.4, 0.5) is 5.69 Å². The molecule has 1 aromatic carbocycles. The van der Waals surface area contributed by atoms with E-state index >= 15 is 0 Å². The largest absolute Gasteiger partial charge is 0.496 e. The Morgan fingerprint density at radius 2 is 2.27 bits per heavy atom. The van der Waals surface area contributed by atoms with E-state index in [1.807, 2.05) is 0 Å². The number of nitrogens with zero attached hydrogens (tertiary/aromatic N) is 1. The highest BCUT2D eigenvalue weighted by Gasteiger charge is 2.19. The van der Waals surface area contributed by atoms with E-state index in [0.717, 1.165) is 0 Å². The number of rotatable bonds is 2. The van der Waals surface area contributed by atoms with E-state index < -0.39 is 4.92 Å². The maximum Gasteiger partial charge on any atom is 0.298 e. The van der Waals surface area contributed by atoms with Gasteiger partial charge in [0.15, 0.2) is 0 Å². The lowest BCUT2D eigenvalue weighted by atomic mass is 10.2. The van der Waals surface area contributed by atoms with Gasteiger partial charge < -0.3 is 9.72 Å². The van der Waals surface area contributed by atoms with Crippen LogP contribution in [0.3, 0.4) is 0 Å². The van der Waals surface area contributed by atoms with Gasteiger partial charge in [0.05, 0.1) is 28.8 Å². The molecule has 2 rings (SSSR count). The third-order valence-corrected chi connectivity index (χ3v) is 2.46. The Bertz CT molecular complexity index is 535. The van der Waals surface area contributed by atoms with Gasteiger partial charge in [0.1, 0.15) is 11.1 Å². The van der Waals surface area contributed by atoms with Gasteiger partial charge in [-0.15, -0.1) is 0 Å². The third-order valence-electron chi connectivity index (χ3n) is 2.14. The van der Waals surface area contributed by atoms with Gasteiger partial charge in [-0.05, 0) is 12.1 Å². The van der Waals surface area contributed by atoms with Crippen LogP contribution in [-0.4, -0.2) is 17.0 Å².